The van der Waals surface area contributed by atoms with Crippen LogP contribution in [0.15, 0.2) is 12.1 Å². The standard InChI is InChI=1S/C25H34F2O5/c1-3-5-6-7-17-10-14-20(32-24(17)28)16-8-11-18(12-9-16)31-25(29)19-13-15-21(30-4-2)23(27)22(19)26/h13,15-18,20H,3-12,14H2,1-2H3. The fourth-order valence-electron chi connectivity index (χ4n) is 4.77. The summed E-state index contributed by atoms with van der Waals surface area (Å²) in [6, 6.07) is 2.43. The van der Waals surface area contributed by atoms with E-state index >= 15 is 0 Å². The van der Waals surface area contributed by atoms with Crippen LogP contribution in [0.25, 0.3) is 0 Å². The quantitative estimate of drug-likeness (QED) is 0.341. The number of esters is 2. The zero-order valence-electron chi connectivity index (χ0n) is 19.0. The van der Waals surface area contributed by atoms with E-state index in [4.69, 9.17) is 14.2 Å². The Morgan fingerprint density at radius 2 is 1.78 bits per heavy atom. The van der Waals surface area contributed by atoms with E-state index in [2.05, 4.69) is 6.92 Å². The Balaban J connectivity index is 1.47. The highest BCUT2D eigenvalue weighted by Gasteiger charge is 2.37. The molecule has 3 rings (SSSR count). The molecule has 0 aromatic heterocycles. The summed E-state index contributed by atoms with van der Waals surface area (Å²) in [6.45, 7) is 4.01. The molecule has 178 valence electrons. The second-order valence-corrected chi connectivity index (χ2v) is 8.86. The van der Waals surface area contributed by atoms with Crippen molar-refractivity contribution in [2.45, 2.75) is 90.3 Å². The van der Waals surface area contributed by atoms with Gasteiger partial charge in [-0.15, -0.1) is 0 Å². The number of cyclic esters (lactones) is 1. The first kappa shape index (κ1) is 24.5. The summed E-state index contributed by atoms with van der Waals surface area (Å²) in [5, 5.41) is 0. The smallest absolute Gasteiger partial charge is 0.341 e. The predicted molar refractivity (Wildman–Crippen MR) is 115 cm³/mol. The van der Waals surface area contributed by atoms with E-state index in [0.29, 0.717) is 12.8 Å². The molecule has 1 saturated heterocycles. The molecule has 2 atom stereocenters. The molecule has 7 heteroatoms. The van der Waals surface area contributed by atoms with Gasteiger partial charge in [0.2, 0.25) is 5.82 Å². The summed E-state index contributed by atoms with van der Waals surface area (Å²) in [4.78, 5) is 24.8. The van der Waals surface area contributed by atoms with E-state index in [1.807, 2.05) is 0 Å². The fourth-order valence-corrected chi connectivity index (χ4v) is 4.77. The Hall–Kier alpha value is -2.18. The Morgan fingerprint density at radius 3 is 2.44 bits per heavy atom. The number of halogens is 2. The van der Waals surface area contributed by atoms with Gasteiger partial charge in [0.25, 0.3) is 0 Å². The molecule has 0 bridgehead atoms. The molecule has 1 aromatic carbocycles. The number of hydrogen-bond acceptors (Lipinski definition) is 5. The van der Waals surface area contributed by atoms with E-state index in [1.165, 1.54) is 12.1 Å². The molecule has 2 fully saturated rings. The summed E-state index contributed by atoms with van der Waals surface area (Å²) in [7, 11) is 0. The summed E-state index contributed by atoms with van der Waals surface area (Å²) in [5.74, 6) is -3.32. The van der Waals surface area contributed by atoms with Gasteiger partial charge in [0.1, 0.15) is 12.2 Å². The molecule has 1 saturated carbocycles. The number of benzene rings is 1. The van der Waals surface area contributed by atoms with Crippen molar-refractivity contribution in [2.24, 2.45) is 11.8 Å². The minimum Gasteiger partial charge on any atom is -0.491 e. The van der Waals surface area contributed by atoms with Crippen molar-refractivity contribution >= 4 is 11.9 Å². The number of carbonyl (C=O) groups is 2. The van der Waals surface area contributed by atoms with Crippen molar-refractivity contribution in [1.29, 1.82) is 0 Å². The highest BCUT2D eigenvalue weighted by Crippen LogP contribution is 2.36. The Kier molecular flexibility index (Phi) is 8.88. The second kappa shape index (κ2) is 11.6. The summed E-state index contributed by atoms with van der Waals surface area (Å²) < 4.78 is 44.5. The van der Waals surface area contributed by atoms with Crippen LogP contribution in [0.1, 0.15) is 88.4 Å². The van der Waals surface area contributed by atoms with Gasteiger partial charge in [0.15, 0.2) is 11.6 Å². The molecule has 0 radical (unpaired) electrons. The van der Waals surface area contributed by atoms with Crippen molar-refractivity contribution in [3.05, 3.63) is 29.3 Å². The third-order valence-corrected chi connectivity index (χ3v) is 6.64. The lowest BCUT2D eigenvalue weighted by Crippen LogP contribution is -2.38. The van der Waals surface area contributed by atoms with E-state index < -0.39 is 23.2 Å². The summed E-state index contributed by atoms with van der Waals surface area (Å²) in [5.41, 5.74) is -0.427. The van der Waals surface area contributed by atoms with Crippen molar-refractivity contribution in [3.8, 4) is 5.75 Å². The van der Waals surface area contributed by atoms with Crippen molar-refractivity contribution < 1.29 is 32.6 Å². The van der Waals surface area contributed by atoms with Gasteiger partial charge < -0.3 is 14.2 Å². The van der Waals surface area contributed by atoms with Crippen LogP contribution in [-0.2, 0) is 14.3 Å². The Bertz CT molecular complexity index is 789. The van der Waals surface area contributed by atoms with Crippen LogP contribution in [0, 0.1) is 23.5 Å². The maximum atomic E-state index is 14.3. The van der Waals surface area contributed by atoms with Gasteiger partial charge in [0.05, 0.1) is 18.1 Å². The minimum absolute atomic E-state index is 0.0273. The van der Waals surface area contributed by atoms with Crippen molar-refractivity contribution in [3.63, 3.8) is 0 Å². The minimum atomic E-state index is -1.25. The Morgan fingerprint density at radius 1 is 1.03 bits per heavy atom. The van der Waals surface area contributed by atoms with E-state index in [-0.39, 0.29) is 42.4 Å². The molecule has 1 aliphatic carbocycles. The van der Waals surface area contributed by atoms with Crippen LogP contribution in [-0.4, -0.2) is 30.8 Å². The zero-order chi connectivity index (χ0) is 23.1. The first-order valence-electron chi connectivity index (χ1n) is 12.0. The lowest BCUT2D eigenvalue weighted by molar-refractivity contribution is -0.165. The number of unbranched alkanes of at least 4 members (excludes halogenated alkanes) is 2. The second-order valence-electron chi connectivity index (χ2n) is 8.86. The van der Waals surface area contributed by atoms with E-state index in [1.54, 1.807) is 6.92 Å². The molecule has 32 heavy (non-hydrogen) atoms. The first-order valence-corrected chi connectivity index (χ1v) is 12.0. The number of carbonyl (C=O) groups excluding carboxylic acids is 2. The van der Waals surface area contributed by atoms with Gasteiger partial charge in [-0.05, 0) is 69.9 Å². The molecular weight excluding hydrogens is 418 g/mol. The van der Waals surface area contributed by atoms with Crippen molar-refractivity contribution in [2.75, 3.05) is 6.61 Å². The predicted octanol–water partition coefficient (Wildman–Crippen LogP) is 5.98. The lowest BCUT2D eigenvalue weighted by atomic mass is 9.80. The van der Waals surface area contributed by atoms with Gasteiger partial charge in [0, 0.05) is 0 Å². The summed E-state index contributed by atoms with van der Waals surface area (Å²) >= 11 is 0. The van der Waals surface area contributed by atoms with Gasteiger partial charge in [-0.25, -0.2) is 9.18 Å². The van der Waals surface area contributed by atoms with Gasteiger partial charge in [-0.3, -0.25) is 4.79 Å². The molecule has 2 aliphatic rings. The lowest BCUT2D eigenvalue weighted by Gasteiger charge is -2.37. The molecule has 0 N–H and O–H groups in total. The number of rotatable bonds is 9. The fraction of sp³-hybridized carbons (Fsp3) is 0.680. The molecule has 1 aliphatic heterocycles. The average molecular weight is 453 g/mol. The van der Waals surface area contributed by atoms with Crippen LogP contribution in [0.3, 0.4) is 0 Å². The van der Waals surface area contributed by atoms with Crippen molar-refractivity contribution in [1.82, 2.24) is 0 Å². The third-order valence-electron chi connectivity index (χ3n) is 6.64. The topological polar surface area (TPSA) is 61.8 Å². The van der Waals surface area contributed by atoms with Crippen LogP contribution < -0.4 is 4.74 Å². The largest absolute Gasteiger partial charge is 0.491 e. The Labute approximate surface area is 188 Å². The molecular formula is C25H34F2O5. The van der Waals surface area contributed by atoms with Crippen LogP contribution >= 0.6 is 0 Å². The SMILES string of the molecule is CCCCCC1CCC(C2CCC(OC(=O)c3ccc(OCC)c(F)c3F)CC2)OC1=O. The molecule has 1 aromatic rings. The normalized spacial score (nSPS) is 25.8. The maximum Gasteiger partial charge on any atom is 0.341 e. The highest BCUT2D eigenvalue weighted by atomic mass is 19.2. The molecule has 0 amide bonds. The van der Waals surface area contributed by atoms with Crippen LogP contribution in [0.5, 0.6) is 5.75 Å². The number of ether oxygens (including phenoxy) is 3. The monoisotopic (exact) mass is 452 g/mol. The maximum absolute atomic E-state index is 14.3. The summed E-state index contributed by atoms with van der Waals surface area (Å²) in [6.07, 6.45) is 8.37. The third kappa shape index (κ3) is 5.99. The first-order chi connectivity index (χ1) is 15.4. The van der Waals surface area contributed by atoms with Crippen LogP contribution in [0.4, 0.5) is 8.78 Å². The molecule has 1 heterocycles. The zero-order valence-corrected chi connectivity index (χ0v) is 19.0. The van der Waals surface area contributed by atoms with Gasteiger partial charge in [-0.1, -0.05) is 26.2 Å². The molecule has 2 unspecified atom stereocenters. The van der Waals surface area contributed by atoms with E-state index in [0.717, 1.165) is 51.4 Å². The molecule has 0 spiro atoms. The van der Waals surface area contributed by atoms with E-state index in [9.17, 15) is 18.4 Å². The highest BCUT2D eigenvalue weighted by molar-refractivity contribution is 5.90. The van der Waals surface area contributed by atoms with Gasteiger partial charge in [-0.2, -0.15) is 4.39 Å². The number of hydrogen-bond donors (Lipinski definition) is 0. The average Bonchev–Trinajstić information content (AvgIpc) is 2.79. The molecule has 5 nitrogen and oxygen atoms in total. The van der Waals surface area contributed by atoms with Gasteiger partial charge >= 0.3 is 11.9 Å². The van der Waals surface area contributed by atoms with Crippen LogP contribution in [0.2, 0.25) is 0 Å².